The highest BCUT2D eigenvalue weighted by molar-refractivity contribution is 7.86. The SMILES string of the molecule is CCNC1CCOCC1S(=O)C1CCOC1C. The van der Waals surface area contributed by atoms with Crippen LogP contribution in [-0.4, -0.2) is 53.2 Å². The molecule has 4 nitrogen and oxygen atoms in total. The molecule has 5 heteroatoms. The third kappa shape index (κ3) is 3.08. The zero-order valence-electron chi connectivity index (χ0n) is 10.7. The van der Waals surface area contributed by atoms with E-state index in [4.69, 9.17) is 9.47 Å². The molecule has 0 saturated carbocycles. The average molecular weight is 261 g/mol. The van der Waals surface area contributed by atoms with Gasteiger partial charge in [0.1, 0.15) is 0 Å². The Labute approximate surface area is 106 Å². The lowest BCUT2D eigenvalue weighted by atomic mass is 10.1. The molecule has 0 aliphatic carbocycles. The van der Waals surface area contributed by atoms with Crippen LogP contribution in [0.2, 0.25) is 0 Å². The molecule has 2 aliphatic heterocycles. The van der Waals surface area contributed by atoms with Gasteiger partial charge in [0.2, 0.25) is 0 Å². The lowest BCUT2D eigenvalue weighted by molar-refractivity contribution is 0.0817. The normalized spacial score (nSPS) is 40.4. The number of rotatable bonds is 4. The molecule has 2 heterocycles. The molecule has 0 aromatic rings. The average Bonchev–Trinajstić information content (AvgIpc) is 2.76. The second kappa shape index (κ2) is 6.27. The van der Waals surface area contributed by atoms with Crippen molar-refractivity contribution in [1.82, 2.24) is 5.32 Å². The van der Waals surface area contributed by atoms with Gasteiger partial charge in [-0.1, -0.05) is 6.92 Å². The molecule has 100 valence electrons. The second-order valence-electron chi connectivity index (χ2n) is 4.80. The van der Waals surface area contributed by atoms with Crippen LogP contribution in [0.15, 0.2) is 0 Å². The third-order valence-corrected chi connectivity index (χ3v) is 5.95. The van der Waals surface area contributed by atoms with Crippen molar-refractivity contribution in [2.24, 2.45) is 0 Å². The first-order valence-corrected chi connectivity index (χ1v) is 7.83. The van der Waals surface area contributed by atoms with Gasteiger partial charge in [-0.05, 0) is 26.3 Å². The van der Waals surface area contributed by atoms with Crippen molar-refractivity contribution in [3.8, 4) is 0 Å². The van der Waals surface area contributed by atoms with E-state index in [-0.39, 0.29) is 16.6 Å². The summed E-state index contributed by atoms with van der Waals surface area (Å²) in [6.45, 7) is 7.19. The molecule has 0 amide bonds. The molecule has 5 atom stereocenters. The predicted octanol–water partition coefficient (Wildman–Crippen LogP) is 0.679. The Balaban J connectivity index is 2.00. The van der Waals surface area contributed by atoms with Crippen LogP contribution >= 0.6 is 0 Å². The lowest BCUT2D eigenvalue weighted by Gasteiger charge is -2.33. The van der Waals surface area contributed by atoms with Crippen molar-refractivity contribution in [2.75, 3.05) is 26.4 Å². The molecule has 1 N–H and O–H groups in total. The first kappa shape index (κ1) is 13.5. The second-order valence-corrected chi connectivity index (χ2v) is 6.67. The van der Waals surface area contributed by atoms with Crippen molar-refractivity contribution >= 4 is 10.8 Å². The van der Waals surface area contributed by atoms with Crippen LogP contribution in [0.5, 0.6) is 0 Å². The van der Waals surface area contributed by atoms with Gasteiger partial charge in [-0.3, -0.25) is 4.21 Å². The van der Waals surface area contributed by atoms with Gasteiger partial charge in [0, 0.05) is 30.1 Å². The molecule has 2 rings (SSSR count). The Kier molecular flexibility index (Phi) is 4.97. The van der Waals surface area contributed by atoms with Crippen molar-refractivity contribution in [3.63, 3.8) is 0 Å². The minimum absolute atomic E-state index is 0.123. The van der Waals surface area contributed by atoms with Crippen LogP contribution in [-0.2, 0) is 20.3 Å². The van der Waals surface area contributed by atoms with E-state index >= 15 is 0 Å². The molecule has 2 aliphatic rings. The fourth-order valence-corrected chi connectivity index (χ4v) is 4.70. The molecule has 0 bridgehead atoms. The summed E-state index contributed by atoms with van der Waals surface area (Å²) in [7, 11) is -0.856. The predicted molar refractivity (Wildman–Crippen MR) is 68.7 cm³/mol. The van der Waals surface area contributed by atoms with Gasteiger partial charge in [-0.15, -0.1) is 0 Å². The Bertz CT molecular complexity index is 272. The van der Waals surface area contributed by atoms with Crippen LogP contribution in [0.1, 0.15) is 26.7 Å². The summed E-state index contributed by atoms with van der Waals surface area (Å²) in [4.78, 5) is 0. The molecule has 0 radical (unpaired) electrons. The fourth-order valence-electron chi connectivity index (χ4n) is 2.68. The number of hydrogen-bond donors (Lipinski definition) is 1. The van der Waals surface area contributed by atoms with E-state index in [2.05, 4.69) is 12.2 Å². The monoisotopic (exact) mass is 261 g/mol. The van der Waals surface area contributed by atoms with Crippen molar-refractivity contribution < 1.29 is 13.7 Å². The summed E-state index contributed by atoms with van der Waals surface area (Å²) < 4.78 is 23.6. The standard InChI is InChI=1S/C12H23NO3S/c1-3-13-10-4-6-15-8-12(10)17(14)11-5-7-16-9(11)2/h9-13H,3-8H2,1-2H3. The quantitative estimate of drug-likeness (QED) is 0.808. The van der Waals surface area contributed by atoms with E-state index in [1.165, 1.54) is 0 Å². The first-order chi connectivity index (χ1) is 8.24. The number of hydrogen-bond acceptors (Lipinski definition) is 4. The third-order valence-electron chi connectivity index (χ3n) is 3.67. The summed E-state index contributed by atoms with van der Waals surface area (Å²) in [5, 5.41) is 3.75. The highest BCUT2D eigenvalue weighted by Gasteiger charge is 2.38. The van der Waals surface area contributed by atoms with Gasteiger partial charge in [0.15, 0.2) is 0 Å². The van der Waals surface area contributed by atoms with Gasteiger partial charge in [0.25, 0.3) is 0 Å². The largest absolute Gasteiger partial charge is 0.380 e. The Morgan fingerprint density at radius 1 is 1.29 bits per heavy atom. The first-order valence-electron chi connectivity index (χ1n) is 6.56. The minimum atomic E-state index is -0.856. The summed E-state index contributed by atoms with van der Waals surface area (Å²) in [5.41, 5.74) is 0. The molecule has 0 aromatic heterocycles. The number of ether oxygens (including phenoxy) is 2. The van der Waals surface area contributed by atoms with E-state index < -0.39 is 10.8 Å². The van der Waals surface area contributed by atoms with E-state index in [1.807, 2.05) is 6.92 Å². The maximum absolute atomic E-state index is 12.6. The highest BCUT2D eigenvalue weighted by Crippen LogP contribution is 2.25. The fraction of sp³-hybridized carbons (Fsp3) is 1.00. The van der Waals surface area contributed by atoms with Gasteiger partial charge in [-0.25, -0.2) is 0 Å². The van der Waals surface area contributed by atoms with E-state index in [1.54, 1.807) is 0 Å². The summed E-state index contributed by atoms with van der Waals surface area (Å²) in [5.74, 6) is 0. The van der Waals surface area contributed by atoms with Crippen LogP contribution < -0.4 is 5.32 Å². The van der Waals surface area contributed by atoms with Crippen LogP contribution in [0.3, 0.4) is 0 Å². The Morgan fingerprint density at radius 3 is 2.76 bits per heavy atom. The molecule has 2 fully saturated rings. The van der Waals surface area contributed by atoms with E-state index in [0.717, 1.165) is 32.6 Å². The van der Waals surface area contributed by atoms with Crippen molar-refractivity contribution in [2.45, 2.75) is 49.3 Å². The Morgan fingerprint density at radius 2 is 2.12 bits per heavy atom. The molecular weight excluding hydrogens is 238 g/mol. The van der Waals surface area contributed by atoms with E-state index in [9.17, 15) is 4.21 Å². The molecule has 0 aromatic carbocycles. The lowest BCUT2D eigenvalue weighted by Crippen LogP contribution is -2.51. The van der Waals surface area contributed by atoms with Crippen molar-refractivity contribution in [1.29, 1.82) is 0 Å². The van der Waals surface area contributed by atoms with Gasteiger partial charge in [0.05, 0.1) is 23.2 Å². The molecule has 2 saturated heterocycles. The zero-order chi connectivity index (χ0) is 12.3. The molecule has 17 heavy (non-hydrogen) atoms. The van der Waals surface area contributed by atoms with Crippen molar-refractivity contribution in [3.05, 3.63) is 0 Å². The van der Waals surface area contributed by atoms with Gasteiger partial charge >= 0.3 is 0 Å². The maximum Gasteiger partial charge on any atom is 0.0739 e. The van der Waals surface area contributed by atoms with Gasteiger partial charge < -0.3 is 14.8 Å². The summed E-state index contributed by atoms with van der Waals surface area (Å²) in [6.07, 6.45) is 2.01. The highest BCUT2D eigenvalue weighted by atomic mass is 32.2. The van der Waals surface area contributed by atoms with Crippen LogP contribution in [0.25, 0.3) is 0 Å². The summed E-state index contributed by atoms with van der Waals surface area (Å²) in [6, 6.07) is 0.336. The van der Waals surface area contributed by atoms with Crippen LogP contribution in [0, 0.1) is 0 Å². The van der Waals surface area contributed by atoms with Gasteiger partial charge in [-0.2, -0.15) is 0 Å². The van der Waals surface area contributed by atoms with E-state index in [0.29, 0.717) is 12.6 Å². The molecule has 5 unspecified atom stereocenters. The topological polar surface area (TPSA) is 47.6 Å². The Hall–Kier alpha value is 0.0300. The van der Waals surface area contributed by atoms with Crippen LogP contribution in [0.4, 0.5) is 0 Å². The smallest absolute Gasteiger partial charge is 0.0739 e. The zero-order valence-corrected chi connectivity index (χ0v) is 11.5. The maximum atomic E-state index is 12.6. The number of nitrogens with one attached hydrogen (secondary N) is 1. The summed E-state index contributed by atoms with van der Waals surface area (Å²) >= 11 is 0. The minimum Gasteiger partial charge on any atom is -0.380 e. The molecular formula is C12H23NO3S. The molecule has 0 spiro atoms.